The zero-order chi connectivity index (χ0) is 22.7. The van der Waals surface area contributed by atoms with Crippen molar-refractivity contribution in [3.8, 4) is 11.3 Å². The van der Waals surface area contributed by atoms with E-state index in [1.807, 2.05) is 24.3 Å². The molecule has 2 aromatic carbocycles. The number of para-hydroxylation sites is 1. The molecule has 0 atom stereocenters. The summed E-state index contributed by atoms with van der Waals surface area (Å²) >= 11 is 1.51. The second-order valence-electron chi connectivity index (χ2n) is 6.76. The first-order valence-corrected chi connectivity index (χ1v) is 12.0. The van der Waals surface area contributed by atoms with Crippen molar-refractivity contribution < 1.29 is 12.8 Å². The summed E-state index contributed by atoms with van der Waals surface area (Å²) in [6.45, 7) is 0. The summed E-state index contributed by atoms with van der Waals surface area (Å²) in [6, 6.07) is 19.3. The van der Waals surface area contributed by atoms with Crippen molar-refractivity contribution in [1.29, 1.82) is 0 Å². The molecule has 2 N–H and O–H groups in total. The lowest BCUT2D eigenvalue weighted by Gasteiger charge is -2.06. The predicted molar refractivity (Wildman–Crippen MR) is 128 cm³/mol. The third-order valence-corrected chi connectivity index (χ3v) is 6.80. The maximum Gasteiger partial charge on any atom is 0.264 e. The zero-order valence-corrected chi connectivity index (χ0v) is 18.5. The normalized spacial score (nSPS) is 11.8. The SMILES string of the molecule is O=S(=O)(Nc1ncccn1)c1ccc(-c2ccc(C=NNc3nc4ccccc4s3)o2)cc1. The number of rotatable bonds is 7. The van der Waals surface area contributed by atoms with Crippen LogP contribution in [0.1, 0.15) is 5.76 Å². The molecule has 0 bridgehead atoms. The monoisotopic (exact) mass is 476 g/mol. The van der Waals surface area contributed by atoms with Crippen molar-refractivity contribution in [3.05, 3.63) is 84.9 Å². The molecule has 0 amide bonds. The number of hydrogen-bond donors (Lipinski definition) is 2. The van der Waals surface area contributed by atoms with Gasteiger partial charge < -0.3 is 4.42 Å². The molecule has 0 unspecified atom stereocenters. The predicted octanol–water partition coefficient (Wildman–Crippen LogP) is 4.59. The number of aromatic nitrogens is 3. The highest BCUT2D eigenvalue weighted by atomic mass is 32.2. The van der Waals surface area contributed by atoms with Crippen LogP contribution in [0.25, 0.3) is 21.5 Å². The van der Waals surface area contributed by atoms with Gasteiger partial charge in [0.25, 0.3) is 10.0 Å². The average Bonchev–Trinajstić information content (AvgIpc) is 3.46. The number of benzene rings is 2. The minimum atomic E-state index is -3.80. The van der Waals surface area contributed by atoms with Gasteiger partial charge in [0.15, 0.2) is 0 Å². The van der Waals surface area contributed by atoms with E-state index in [1.165, 1.54) is 35.9 Å². The van der Waals surface area contributed by atoms with Crippen molar-refractivity contribution in [1.82, 2.24) is 15.0 Å². The van der Waals surface area contributed by atoms with Crippen LogP contribution in [0.3, 0.4) is 0 Å². The molecule has 0 spiro atoms. The van der Waals surface area contributed by atoms with E-state index in [0.29, 0.717) is 16.7 Å². The fourth-order valence-electron chi connectivity index (χ4n) is 2.98. The second-order valence-corrected chi connectivity index (χ2v) is 9.47. The Bertz CT molecular complexity index is 1490. The first kappa shape index (κ1) is 20.8. The van der Waals surface area contributed by atoms with Gasteiger partial charge in [-0.3, -0.25) is 5.43 Å². The molecular formula is C22H16N6O3S2. The lowest BCUT2D eigenvalue weighted by molar-refractivity contribution is 0.575. The van der Waals surface area contributed by atoms with Crippen molar-refractivity contribution in [2.24, 2.45) is 5.10 Å². The number of nitrogens with zero attached hydrogens (tertiary/aromatic N) is 4. The molecule has 33 heavy (non-hydrogen) atoms. The molecule has 3 heterocycles. The van der Waals surface area contributed by atoms with Gasteiger partial charge in [0.1, 0.15) is 11.5 Å². The summed E-state index contributed by atoms with van der Waals surface area (Å²) in [5, 5.41) is 4.87. The molecule has 0 radical (unpaired) electrons. The van der Waals surface area contributed by atoms with Gasteiger partial charge in [-0.15, -0.1) is 0 Å². The second kappa shape index (κ2) is 8.81. The number of nitrogens with one attached hydrogen (secondary N) is 2. The largest absolute Gasteiger partial charge is 0.455 e. The number of hydrazone groups is 1. The fourth-order valence-corrected chi connectivity index (χ4v) is 4.75. The van der Waals surface area contributed by atoms with Gasteiger partial charge in [0.2, 0.25) is 11.1 Å². The summed E-state index contributed by atoms with van der Waals surface area (Å²) in [5.74, 6) is 1.13. The quantitative estimate of drug-likeness (QED) is 0.260. The highest BCUT2D eigenvalue weighted by Gasteiger charge is 2.16. The minimum Gasteiger partial charge on any atom is -0.455 e. The van der Waals surface area contributed by atoms with E-state index in [-0.39, 0.29) is 10.8 Å². The molecule has 0 saturated heterocycles. The van der Waals surface area contributed by atoms with Gasteiger partial charge in [-0.2, -0.15) is 5.10 Å². The Balaban J connectivity index is 1.26. The molecule has 0 aliphatic carbocycles. The highest BCUT2D eigenvalue weighted by Crippen LogP contribution is 2.26. The standard InChI is InChI=1S/C22H16N6O3S2/c29-33(30,28-21-23-12-3-13-24-21)17-9-6-15(7-10-17)19-11-8-16(31-19)14-25-27-22-26-18-4-1-2-5-20(18)32-22/h1-14H,(H,26,27)(H,23,24,28). The molecule has 11 heteroatoms. The van der Waals surface area contributed by atoms with Crippen LogP contribution in [0, 0.1) is 0 Å². The van der Waals surface area contributed by atoms with Crippen LogP contribution in [0.2, 0.25) is 0 Å². The third-order valence-electron chi connectivity index (χ3n) is 4.51. The van der Waals surface area contributed by atoms with Gasteiger partial charge in [-0.1, -0.05) is 23.5 Å². The Kier molecular flexibility index (Phi) is 5.55. The van der Waals surface area contributed by atoms with E-state index in [4.69, 9.17) is 4.42 Å². The number of anilines is 2. The first-order valence-electron chi connectivity index (χ1n) is 9.72. The number of thiazole rings is 1. The number of fused-ring (bicyclic) bond motifs is 1. The molecule has 164 valence electrons. The van der Waals surface area contributed by atoms with Crippen molar-refractivity contribution in [2.75, 3.05) is 10.1 Å². The van der Waals surface area contributed by atoms with E-state index >= 15 is 0 Å². The Morgan fingerprint density at radius 2 is 1.73 bits per heavy atom. The van der Waals surface area contributed by atoms with Gasteiger partial charge in [0.05, 0.1) is 21.3 Å². The van der Waals surface area contributed by atoms with E-state index in [9.17, 15) is 8.42 Å². The van der Waals surface area contributed by atoms with Crippen LogP contribution in [0.5, 0.6) is 0 Å². The molecule has 9 nitrogen and oxygen atoms in total. The van der Waals surface area contributed by atoms with E-state index in [2.05, 4.69) is 30.2 Å². The van der Waals surface area contributed by atoms with Gasteiger partial charge in [-0.05, 0) is 54.6 Å². The van der Waals surface area contributed by atoms with Crippen molar-refractivity contribution >= 4 is 48.9 Å². The van der Waals surface area contributed by atoms with E-state index in [0.717, 1.165) is 15.8 Å². The van der Waals surface area contributed by atoms with Crippen LogP contribution in [0.15, 0.2) is 93.5 Å². The maximum absolute atomic E-state index is 12.5. The summed E-state index contributed by atoms with van der Waals surface area (Å²) < 4.78 is 34.2. The summed E-state index contributed by atoms with van der Waals surface area (Å²) in [4.78, 5) is 12.3. The lowest BCUT2D eigenvalue weighted by atomic mass is 10.2. The minimum absolute atomic E-state index is 0.0102. The smallest absolute Gasteiger partial charge is 0.264 e. The van der Waals surface area contributed by atoms with E-state index in [1.54, 1.807) is 36.5 Å². The van der Waals surface area contributed by atoms with Gasteiger partial charge >= 0.3 is 0 Å². The van der Waals surface area contributed by atoms with Crippen LogP contribution < -0.4 is 10.1 Å². The summed E-state index contributed by atoms with van der Waals surface area (Å²) in [7, 11) is -3.80. The fraction of sp³-hybridized carbons (Fsp3) is 0. The van der Waals surface area contributed by atoms with Crippen LogP contribution in [0.4, 0.5) is 11.1 Å². The summed E-state index contributed by atoms with van der Waals surface area (Å²) in [5.41, 5.74) is 4.55. The Labute approximate surface area is 192 Å². The summed E-state index contributed by atoms with van der Waals surface area (Å²) in [6.07, 6.45) is 4.47. The molecule has 0 aliphatic rings. The molecule has 0 aliphatic heterocycles. The number of hydrogen-bond acceptors (Lipinski definition) is 9. The van der Waals surface area contributed by atoms with Crippen LogP contribution >= 0.6 is 11.3 Å². The third kappa shape index (κ3) is 4.73. The molecular weight excluding hydrogens is 460 g/mol. The van der Waals surface area contributed by atoms with Crippen LogP contribution in [-0.4, -0.2) is 29.6 Å². The first-order chi connectivity index (χ1) is 16.1. The Morgan fingerprint density at radius 3 is 2.52 bits per heavy atom. The number of sulfonamides is 1. The van der Waals surface area contributed by atoms with Crippen LogP contribution in [-0.2, 0) is 10.0 Å². The highest BCUT2D eigenvalue weighted by molar-refractivity contribution is 7.92. The lowest BCUT2D eigenvalue weighted by Crippen LogP contribution is -2.14. The average molecular weight is 477 g/mol. The Hall–Kier alpha value is -4.09. The molecule has 3 aromatic heterocycles. The topological polar surface area (TPSA) is 122 Å². The maximum atomic E-state index is 12.5. The van der Waals surface area contributed by atoms with Gasteiger partial charge in [0, 0.05) is 18.0 Å². The van der Waals surface area contributed by atoms with Gasteiger partial charge in [-0.25, -0.2) is 28.1 Å². The van der Waals surface area contributed by atoms with E-state index < -0.39 is 10.0 Å². The Morgan fingerprint density at radius 1 is 0.939 bits per heavy atom. The molecule has 0 fully saturated rings. The zero-order valence-electron chi connectivity index (χ0n) is 16.9. The molecule has 5 rings (SSSR count). The number of furan rings is 1. The van der Waals surface area contributed by atoms with Crippen molar-refractivity contribution in [3.63, 3.8) is 0 Å². The molecule has 0 saturated carbocycles. The van der Waals surface area contributed by atoms with Crippen molar-refractivity contribution in [2.45, 2.75) is 4.90 Å². The molecule has 5 aromatic rings.